The Morgan fingerprint density at radius 3 is 2.52 bits per heavy atom. The van der Waals surface area contributed by atoms with Gasteiger partial charge in [-0.1, -0.05) is 11.8 Å². The number of nitrogens with one attached hydrogen (secondary N) is 1. The molecule has 1 N–H and O–H groups in total. The topological polar surface area (TPSA) is 72.3 Å². The summed E-state index contributed by atoms with van der Waals surface area (Å²) in [6, 6.07) is 5.44. The second-order valence-electron chi connectivity index (χ2n) is 4.83. The largest absolute Gasteiger partial charge is 0.493 e. The molecule has 1 saturated heterocycles. The number of carbonyl (C=O) groups is 1. The van der Waals surface area contributed by atoms with E-state index in [1.54, 1.807) is 32.6 Å². The fraction of sp³-hybridized carbons (Fsp3) is 0.357. The summed E-state index contributed by atoms with van der Waals surface area (Å²) in [4.78, 5) is 11.6. The standard InChI is InChI=1S/C14H17N3O3S/c1-14(2)12(18)16-13(21-14)17-15-8-9-5-6-10(19-3)11(7-9)20-4/h5-8H,1-4H3,(H,16,17,18)/b15-8+. The molecule has 0 bridgehead atoms. The summed E-state index contributed by atoms with van der Waals surface area (Å²) in [5.41, 5.74) is 0.825. The molecule has 1 heterocycles. The van der Waals surface area contributed by atoms with Crippen molar-refractivity contribution in [1.82, 2.24) is 5.32 Å². The van der Waals surface area contributed by atoms with Gasteiger partial charge in [-0.05, 0) is 37.6 Å². The van der Waals surface area contributed by atoms with Gasteiger partial charge in [-0.15, -0.1) is 5.10 Å². The van der Waals surface area contributed by atoms with Crippen molar-refractivity contribution >= 4 is 29.1 Å². The molecule has 1 aromatic carbocycles. The number of ether oxygens (including phenoxy) is 2. The molecule has 2 rings (SSSR count). The minimum Gasteiger partial charge on any atom is -0.493 e. The van der Waals surface area contributed by atoms with Crippen molar-refractivity contribution in [2.24, 2.45) is 10.2 Å². The summed E-state index contributed by atoms with van der Waals surface area (Å²) in [6.07, 6.45) is 1.59. The van der Waals surface area contributed by atoms with Crippen LogP contribution in [0.15, 0.2) is 28.4 Å². The first-order valence-electron chi connectivity index (χ1n) is 6.30. The fourth-order valence-electron chi connectivity index (χ4n) is 1.69. The zero-order chi connectivity index (χ0) is 15.5. The van der Waals surface area contributed by atoms with E-state index in [2.05, 4.69) is 15.5 Å². The summed E-state index contributed by atoms with van der Waals surface area (Å²) in [5.74, 6) is 1.22. The molecular formula is C14H17N3O3S. The van der Waals surface area contributed by atoms with Crippen molar-refractivity contribution in [3.05, 3.63) is 23.8 Å². The molecule has 0 unspecified atom stereocenters. The third-order valence-electron chi connectivity index (χ3n) is 2.88. The molecule has 21 heavy (non-hydrogen) atoms. The molecule has 1 amide bonds. The van der Waals surface area contributed by atoms with E-state index in [4.69, 9.17) is 9.47 Å². The molecule has 1 fully saturated rings. The van der Waals surface area contributed by atoms with E-state index in [-0.39, 0.29) is 5.91 Å². The number of thioether (sulfide) groups is 1. The van der Waals surface area contributed by atoms with Crippen LogP contribution in [0.5, 0.6) is 11.5 Å². The lowest BCUT2D eigenvalue weighted by molar-refractivity contribution is -0.120. The number of amides is 1. The van der Waals surface area contributed by atoms with Crippen molar-refractivity contribution in [2.45, 2.75) is 18.6 Å². The van der Waals surface area contributed by atoms with Crippen molar-refractivity contribution in [2.75, 3.05) is 14.2 Å². The minimum atomic E-state index is -0.502. The number of nitrogens with zero attached hydrogens (tertiary/aromatic N) is 2. The maximum Gasteiger partial charge on any atom is 0.242 e. The number of amidine groups is 1. The highest BCUT2D eigenvalue weighted by atomic mass is 32.2. The summed E-state index contributed by atoms with van der Waals surface area (Å²) in [6.45, 7) is 3.68. The van der Waals surface area contributed by atoms with Gasteiger partial charge in [-0.3, -0.25) is 4.79 Å². The van der Waals surface area contributed by atoms with Gasteiger partial charge in [0.2, 0.25) is 5.91 Å². The molecule has 0 spiro atoms. The summed E-state index contributed by atoms with van der Waals surface area (Å²) in [5, 5.41) is 11.2. The molecule has 112 valence electrons. The number of benzene rings is 1. The first-order valence-corrected chi connectivity index (χ1v) is 7.11. The van der Waals surface area contributed by atoms with Gasteiger partial charge in [0.1, 0.15) is 0 Å². The van der Waals surface area contributed by atoms with Crippen LogP contribution in [0.3, 0.4) is 0 Å². The van der Waals surface area contributed by atoms with E-state index in [9.17, 15) is 4.79 Å². The van der Waals surface area contributed by atoms with Gasteiger partial charge in [-0.2, -0.15) is 5.10 Å². The smallest absolute Gasteiger partial charge is 0.242 e. The number of rotatable bonds is 4. The van der Waals surface area contributed by atoms with Crippen molar-refractivity contribution < 1.29 is 14.3 Å². The predicted molar refractivity (Wildman–Crippen MR) is 84.4 cm³/mol. The molecule has 0 saturated carbocycles. The number of hydrogen-bond acceptors (Lipinski definition) is 6. The third kappa shape index (κ3) is 3.55. The van der Waals surface area contributed by atoms with Crippen LogP contribution in [-0.4, -0.2) is 36.3 Å². The molecule has 7 heteroatoms. The summed E-state index contributed by atoms with van der Waals surface area (Å²) >= 11 is 1.36. The van der Waals surface area contributed by atoms with Gasteiger partial charge in [0, 0.05) is 0 Å². The fourth-order valence-corrected chi connectivity index (χ4v) is 2.55. The van der Waals surface area contributed by atoms with Crippen LogP contribution in [0.1, 0.15) is 19.4 Å². The van der Waals surface area contributed by atoms with E-state index in [0.717, 1.165) is 5.56 Å². The summed E-state index contributed by atoms with van der Waals surface area (Å²) < 4.78 is 9.88. The molecule has 0 aromatic heterocycles. The SMILES string of the molecule is COc1ccc(/C=N/N=C2\NC(=O)C(C)(C)S2)cc1OC. The molecule has 1 aromatic rings. The maximum absolute atomic E-state index is 11.6. The van der Waals surface area contributed by atoms with Crippen molar-refractivity contribution in [3.63, 3.8) is 0 Å². The van der Waals surface area contributed by atoms with Gasteiger partial charge >= 0.3 is 0 Å². The quantitative estimate of drug-likeness (QED) is 0.682. The summed E-state index contributed by atoms with van der Waals surface area (Å²) in [7, 11) is 3.16. The molecular weight excluding hydrogens is 290 g/mol. The lowest BCUT2D eigenvalue weighted by atomic mass is 10.2. The van der Waals surface area contributed by atoms with Gasteiger partial charge in [-0.25, -0.2) is 0 Å². The van der Waals surface area contributed by atoms with E-state index in [1.807, 2.05) is 19.9 Å². The van der Waals surface area contributed by atoms with Crippen molar-refractivity contribution in [3.8, 4) is 11.5 Å². The average Bonchev–Trinajstić information content (AvgIpc) is 2.71. The van der Waals surface area contributed by atoms with Gasteiger partial charge in [0.25, 0.3) is 0 Å². The molecule has 1 aliphatic heterocycles. The van der Waals surface area contributed by atoms with Gasteiger partial charge in [0.05, 0.1) is 25.2 Å². The number of carbonyl (C=O) groups excluding carboxylic acids is 1. The van der Waals surface area contributed by atoms with Crippen LogP contribution in [0, 0.1) is 0 Å². The predicted octanol–water partition coefficient (Wildman–Crippen LogP) is 2.04. The van der Waals surface area contributed by atoms with Crippen molar-refractivity contribution in [1.29, 1.82) is 0 Å². The van der Waals surface area contributed by atoms with E-state index < -0.39 is 4.75 Å². The van der Waals surface area contributed by atoms with Crippen LogP contribution in [0.25, 0.3) is 0 Å². The van der Waals surface area contributed by atoms with Crippen LogP contribution < -0.4 is 14.8 Å². The Morgan fingerprint density at radius 2 is 1.95 bits per heavy atom. The second-order valence-corrected chi connectivity index (χ2v) is 6.44. The molecule has 1 aliphatic rings. The zero-order valence-corrected chi connectivity index (χ0v) is 13.2. The number of hydrogen-bond donors (Lipinski definition) is 1. The van der Waals surface area contributed by atoms with E-state index in [1.165, 1.54) is 11.8 Å². The Hall–Kier alpha value is -2.02. The Morgan fingerprint density at radius 1 is 1.24 bits per heavy atom. The monoisotopic (exact) mass is 307 g/mol. The Balaban J connectivity index is 2.10. The Kier molecular flexibility index (Phi) is 4.52. The van der Waals surface area contributed by atoms with Gasteiger partial charge < -0.3 is 14.8 Å². The van der Waals surface area contributed by atoms with Crippen LogP contribution in [0.2, 0.25) is 0 Å². The van der Waals surface area contributed by atoms with Gasteiger partial charge in [0.15, 0.2) is 16.7 Å². The zero-order valence-electron chi connectivity index (χ0n) is 12.3. The molecule has 0 aliphatic carbocycles. The van der Waals surface area contributed by atoms with Crippen LogP contribution >= 0.6 is 11.8 Å². The maximum atomic E-state index is 11.6. The highest BCUT2D eigenvalue weighted by Crippen LogP contribution is 2.30. The van der Waals surface area contributed by atoms with Crippen LogP contribution in [0.4, 0.5) is 0 Å². The molecule has 0 atom stereocenters. The highest BCUT2D eigenvalue weighted by molar-refractivity contribution is 8.16. The van der Waals surface area contributed by atoms with E-state index >= 15 is 0 Å². The number of methoxy groups -OCH3 is 2. The van der Waals surface area contributed by atoms with E-state index in [0.29, 0.717) is 16.7 Å². The lowest BCUT2D eigenvalue weighted by Crippen LogP contribution is -2.30. The second kappa shape index (κ2) is 6.17. The minimum absolute atomic E-state index is 0.0624. The first-order chi connectivity index (χ1) is 9.96. The average molecular weight is 307 g/mol. The normalized spacial score (nSPS) is 19.0. The Labute approximate surface area is 127 Å². The molecule has 6 nitrogen and oxygen atoms in total. The van der Waals surface area contributed by atoms with Crippen LogP contribution in [-0.2, 0) is 4.79 Å². The first kappa shape index (κ1) is 15.4. The highest BCUT2D eigenvalue weighted by Gasteiger charge is 2.38. The third-order valence-corrected chi connectivity index (χ3v) is 3.95. The lowest BCUT2D eigenvalue weighted by Gasteiger charge is -2.08. The Bertz CT molecular complexity index is 611. The molecule has 0 radical (unpaired) electrons.